The third-order valence-corrected chi connectivity index (χ3v) is 3.49. The Balaban J connectivity index is 2.57. The van der Waals surface area contributed by atoms with Crippen LogP contribution in [0.4, 0.5) is 4.79 Å². The van der Waals surface area contributed by atoms with Crippen LogP contribution in [0.25, 0.3) is 0 Å². The van der Waals surface area contributed by atoms with Crippen LogP contribution in [0.5, 0.6) is 0 Å². The fourth-order valence-corrected chi connectivity index (χ4v) is 2.38. The first-order valence-electron chi connectivity index (χ1n) is 6.08. The van der Waals surface area contributed by atoms with Gasteiger partial charge in [-0.2, -0.15) is 0 Å². The summed E-state index contributed by atoms with van der Waals surface area (Å²) in [5.74, 6) is -0.218. The first-order chi connectivity index (χ1) is 9.02. The SMILES string of the molecule is CCNC(C)c1cccc(SCC(=O)NC(N)=O)c1. The Morgan fingerprint density at radius 1 is 1.42 bits per heavy atom. The molecule has 104 valence electrons. The minimum absolute atomic E-state index is 0.169. The second-order valence-electron chi connectivity index (χ2n) is 4.05. The van der Waals surface area contributed by atoms with Crippen molar-refractivity contribution in [2.75, 3.05) is 12.3 Å². The van der Waals surface area contributed by atoms with Crippen LogP contribution in [0, 0.1) is 0 Å². The maximum Gasteiger partial charge on any atom is 0.318 e. The van der Waals surface area contributed by atoms with Crippen molar-refractivity contribution in [1.29, 1.82) is 0 Å². The van der Waals surface area contributed by atoms with Gasteiger partial charge in [-0.15, -0.1) is 11.8 Å². The predicted octanol–water partition coefficient (Wildman–Crippen LogP) is 1.64. The number of primary amides is 1. The van der Waals surface area contributed by atoms with Gasteiger partial charge in [-0.05, 0) is 31.2 Å². The summed E-state index contributed by atoms with van der Waals surface area (Å²) in [6.07, 6.45) is 0. The molecule has 3 amide bonds. The number of benzene rings is 1. The van der Waals surface area contributed by atoms with Gasteiger partial charge in [0.25, 0.3) is 0 Å². The van der Waals surface area contributed by atoms with E-state index in [1.165, 1.54) is 17.3 Å². The quantitative estimate of drug-likeness (QED) is 0.692. The molecule has 0 aliphatic carbocycles. The van der Waals surface area contributed by atoms with Gasteiger partial charge in [-0.3, -0.25) is 10.1 Å². The van der Waals surface area contributed by atoms with Crippen LogP contribution in [0.2, 0.25) is 0 Å². The van der Waals surface area contributed by atoms with Gasteiger partial charge in [0.05, 0.1) is 5.75 Å². The van der Waals surface area contributed by atoms with Crippen molar-refractivity contribution in [3.8, 4) is 0 Å². The molecule has 1 atom stereocenters. The molecule has 0 heterocycles. The summed E-state index contributed by atoms with van der Waals surface area (Å²) in [6, 6.07) is 7.42. The number of hydrogen-bond donors (Lipinski definition) is 3. The number of urea groups is 1. The van der Waals surface area contributed by atoms with Gasteiger partial charge in [0, 0.05) is 10.9 Å². The average molecular weight is 281 g/mol. The van der Waals surface area contributed by atoms with Crippen molar-refractivity contribution in [2.24, 2.45) is 5.73 Å². The molecule has 0 spiro atoms. The minimum atomic E-state index is -0.819. The fraction of sp³-hybridized carbons (Fsp3) is 0.385. The summed E-state index contributed by atoms with van der Waals surface area (Å²) >= 11 is 1.37. The molecule has 1 unspecified atom stereocenters. The zero-order chi connectivity index (χ0) is 14.3. The lowest BCUT2D eigenvalue weighted by Crippen LogP contribution is -2.36. The smallest absolute Gasteiger partial charge is 0.318 e. The molecule has 0 saturated carbocycles. The molecule has 6 heteroatoms. The van der Waals surface area contributed by atoms with E-state index >= 15 is 0 Å². The normalized spacial score (nSPS) is 11.9. The van der Waals surface area contributed by atoms with E-state index in [1.54, 1.807) is 0 Å². The monoisotopic (exact) mass is 281 g/mol. The Hall–Kier alpha value is -1.53. The highest BCUT2D eigenvalue weighted by molar-refractivity contribution is 8.00. The molecule has 1 aromatic rings. The van der Waals surface area contributed by atoms with Gasteiger partial charge >= 0.3 is 6.03 Å². The second kappa shape index (κ2) is 7.81. The second-order valence-corrected chi connectivity index (χ2v) is 5.10. The van der Waals surface area contributed by atoms with Crippen LogP contribution < -0.4 is 16.4 Å². The zero-order valence-corrected chi connectivity index (χ0v) is 11.9. The van der Waals surface area contributed by atoms with E-state index in [9.17, 15) is 9.59 Å². The number of nitrogens with one attached hydrogen (secondary N) is 2. The van der Waals surface area contributed by atoms with Crippen molar-refractivity contribution < 1.29 is 9.59 Å². The van der Waals surface area contributed by atoms with E-state index in [4.69, 9.17) is 5.73 Å². The molecule has 5 nitrogen and oxygen atoms in total. The number of imide groups is 1. The highest BCUT2D eigenvalue weighted by atomic mass is 32.2. The first kappa shape index (κ1) is 15.5. The maximum absolute atomic E-state index is 11.3. The van der Waals surface area contributed by atoms with Gasteiger partial charge in [0.15, 0.2) is 0 Å². The Labute approximate surface area is 117 Å². The van der Waals surface area contributed by atoms with Crippen molar-refractivity contribution in [2.45, 2.75) is 24.8 Å². The molecule has 0 aliphatic heterocycles. The largest absolute Gasteiger partial charge is 0.351 e. The van der Waals surface area contributed by atoms with Crippen LogP contribution >= 0.6 is 11.8 Å². The van der Waals surface area contributed by atoms with Crippen molar-refractivity contribution >= 4 is 23.7 Å². The Morgan fingerprint density at radius 2 is 2.16 bits per heavy atom. The molecule has 0 aliphatic rings. The van der Waals surface area contributed by atoms with E-state index in [0.29, 0.717) is 0 Å². The number of nitrogens with two attached hydrogens (primary N) is 1. The Bertz CT molecular complexity index is 451. The molecule has 0 fully saturated rings. The van der Waals surface area contributed by atoms with Gasteiger partial charge in [0.2, 0.25) is 5.91 Å². The fourth-order valence-electron chi connectivity index (χ4n) is 1.62. The first-order valence-corrected chi connectivity index (χ1v) is 7.07. The van der Waals surface area contributed by atoms with Gasteiger partial charge in [0.1, 0.15) is 0 Å². The average Bonchev–Trinajstić information content (AvgIpc) is 2.36. The van der Waals surface area contributed by atoms with Crippen LogP contribution in [0.1, 0.15) is 25.5 Å². The number of amides is 3. The highest BCUT2D eigenvalue weighted by Crippen LogP contribution is 2.22. The molecule has 4 N–H and O–H groups in total. The molecular weight excluding hydrogens is 262 g/mol. The third kappa shape index (κ3) is 5.76. The summed E-state index contributed by atoms with van der Waals surface area (Å²) in [4.78, 5) is 22.8. The molecule has 1 rings (SSSR count). The highest BCUT2D eigenvalue weighted by Gasteiger charge is 2.07. The summed E-state index contributed by atoms with van der Waals surface area (Å²) in [5.41, 5.74) is 6.04. The molecular formula is C13H19N3O2S. The topological polar surface area (TPSA) is 84.2 Å². The van der Waals surface area contributed by atoms with Crippen LogP contribution in [0.3, 0.4) is 0 Å². The predicted molar refractivity (Wildman–Crippen MR) is 77.0 cm³/mol. The molecule has 0 bridgehead atoms. The number of carbonyl (C=O) groups excluding carboxylic acids is 2. The van der Waals surface area contributed by atoms with Gasteiger partial charge in [-0.1, -0.05) is 19.1 Å². The molecule has 0 aromatic heterocycles. The molecule has 0 radical (unpaired) electrons. The zero-order valence-electron chi connectivity index (χ0n) is 11.1. The Kier molecular flexibility index (Phi) is 6.38. The van der Waals surface area contributed by atoms with E-state index < -0.39 is 6.03 Å². The van der Waals surface area contributed by atoms with E-state index in [1.807, 2.05) is 29.6 Å². The number of carbonyl (C=O) groups is 2. The summed E-state index contributed by atoms with van der Waals surface area (Å²) in [5, 5.41) is 5.37. The summed E-state index contributed by atoms with van der Waals surface area (Å²) < 4.78 is 0. The number of thioether (sulfide) groups is 1. The standard InChI is InChI=1S/C13H19N3O2S/c1-3-15-9(2)10-5-4-6-11(7-10)19-8-12(17)16-13(14)18/h4-7,9,15H,3,8H2,1-2H3,(H3,14,16,17,18). The van der Waals surface area contributed by atoms with Crippen LogP contribution in [0.15, 0.2) is 29.2 Å². The Morgan fingerprint density at radius 3 is 2.79 bits per heavy atom. The van der Waals surface area contributed by atoms with Gasteiger partial charge < -0.3 is 11.1 Å². The number of rotatable bonds is 6. The van der Waals surface area contributed by atoms with Crippen molar-refractivity contribution in [3.63, 3.8) is 0 Å². The van der Waals surface area contributed by atoms with Crippen molar-refractivity contribution in [1.82, 2.24) is 10.6 Å². The third-order valence-electron chi connectivity index (χ3n) is 2.50. The number of hydrogen-bond acceptors (Lipinski definition) is 4. The minimum Gasteiger partial charge on any atom is -0.351 e. The van der Waals surface area contributed by atoms with Crippen LogP contribution in [-0.4, -0.2) is 24.2 Å². The van der Waals surface area contributed by atoms with E-state index in [-0.39, 0.29) is 17.7 Å². The summed E-state index contributed by atoms with van der Waals surface area (Å²) in [6.45, 7) is 5.05. The molecule has 0 saturated heterocycles. The lowest BCUT2D eigenvalue weighted by atomic mass is 10.1. The van der Waals surface area contributed by atoms with E-state index in [0.717, 1.165) is 11.4 Å². The maximum atomic E-state index is 11.3. The van der Waals surface area contributed by atoms with Gasteiger partial charge in [-0.25, -0.2) is 4.79 Å². The van der Waals surface area contributed by atoms with E-state index in [2.05, 4.69) is 19.2 Å². The molecule has 1 aromatic carbocycles. The lowest BCUT2D eigenvalue weighted by Gasteiger charge is -2.13. The van der Waals surface area contributed by atoms with Crippen molar-refractivity contribution in [3.05, 3.63) is 29.8 Å². The summed E-state index contributed by atoms with van der Waals surface area (Å²) in [7, 11) is 0. The lowest BCUT2D eigenvalue weighted by molar-refractivity contribution is -0.117. The van der Waals surface area contributed by atoms with Crippen LogP contribution in [-0.2, 0) is 4.79 Å². The molecule has 19 heavy (non-hydrogen) atoms.